The molecule has 4 heterocycles. The maximum absolute atomic E-state index is 6.61. The summed E-state index contributed by atoms with van der Waals surface area (Å²) in [5, 5.41) is 5.65. The van der Waals surface area contributed by atoms with Crippen LogP contribution in [0.3, 0.4) is 0 Å². The summed E-state index contributed by atoms with van der Waals surface area (Å²) >= 11 is 0. The summed E-state index contributed by atoms with van der Waals surface area (Å²) in [5.41, 5.74) is 12.5. The molecule has 0 bridgehead atoms. The Bertz CT molecular complexity index is 3520. The number of nitrogens with zero attached hydrogens (tertiary/aromatic N) is 5. The molecule has 0 saturated heterocycles. The van der Waals surface area contributed by atoms with Crippen LogP contribution in [0, 0.1) is 0 Å². The molecule has 0 spiro atoms. The number of aromatic nitrogens is 5. The first-order chi connectivity index (χ1) is 29.7. The standard InChI is InChI=1S/C54H33N5O/c1-3-14-34(15-4-1)40-21-13-22-44-48-43-20-9-12-25-47(43)60-51(48)49(55-50(40)44)35-26-28-37(29-27-35)53-56-52(36-16-5-2-6-17-36)57-54(58-53)38-30-32-39(33-31-38)59-45-23-10-7-18-41(45)42-19-8-11-24-46(42)59/h1-33H. The number of para-hydroxylation sites is 4. The highest BCUT2D eigenvalue weighted by Crippen LogP contribution is 2.42. The molecule has 12 aromatic rings. The summed E-state index contributed by atoms with van der Waals surface area (Å²) < 4.78 is 8.93. The zero-order valence-corrected chi connectivity index (χ0v) is 32.2. The molecule has 6 nitrogen and oxygen atoms in total. The van der Waals surface area contributed by atoms with E-state index in [1.165, 1.54) is 21.8 Å². The normalized spacial score (nSPS) is 11.7. The number of rotatable bonds is 6. The first kappa shape index (κ1) is 33.9. The van der Waals surface area contributed by atoms with Gasteiger partial charge < -0.3 is 8.98 Å². The van der Waals surface area contributed by atoms with E-state index in [-0.39, 0.29) is 0 Å². The number of hydrogen-bond acceptors (Lipinski definition) is 5. The molecular formula is C54H33N5O. The summed E-state index contributed by atoms with van der Waals surface area (Å²) in [7, 11) is 0. The molecule has 60 heavy (non-hydrogen) atoms. The Morgan fingerprint density at radius 1 is 0.350 bits per heavy atom. The van der Waals surface area contributed by atoms with Gasteiger partial charge in [-0.25, -0.2) is 19.9 Å². The zero-order valence-electron chi connectivity index (χ0n) is 32.2. The van der Waals surface area contributed by atoms with E-state index in [4.69, 9.17) is 24.4 Å². The Morgan fingerprint density at radius 2 is 0.833 bits per heavy atom. The van der Waals surface area contributed by atoms with Crippen molar-refractivity contribution in [3.63, 3.8) is 0 Å². The molecule has 0 amide bonds. The summed E-state index contributed by atoms with van der Waals surface area (Å²) in [6.45, 7) is 0. The largest absolute Gasteiger partial charge is 0.454 e. The number of furan rings is 1. The van der Waals surface area contributed by atoms with Crippen molar-refractivity contribution in [1.29, 1.82) is 0 Å². The highest BCUT2D eigenvalue weighted by molar-refractivity contribution is 6.22. The van der Waals surface area contributed by atoms with Gasteiger partial charge in [0, 0.05) is 60.4 Å². The number of fused-ring (bicyclic) bond motifs is 8. The lowest BCUT2D eigenvalue weighted by Crippen LogP contribution is -2.00. The maximum atomic E-state index is 6.61. The SMILES string of the molecule is c1ccc(-c2nc(-c3ccc(-c4nc5c(-c6ccccc6)cccc5c5c4oc4ccccc45)cc3)nc(-c3ccc(-n4c5ccccc5c5ccccc54)cc3)n2)cc1. The molecule has 280 valence electrons. The molecule has 6 heteroatoms. The van der Waals surface area contributed by atoms with Crippen LogP contribution in [-0.4, -0.2) is 24.5 Å². The summed E-state index contributed by atoms with van der Waals surface area (Å²) in [4.78, 5) is 20.5. The van der Waals surface area contributed by atoms with E-state index >= 15 is 0 Å². The van der Waals surface area contributed by atoms with Gasteiger partial charge in [0.05, 0.1) is 16.6 Å². The van der Waals surface area contributed by atoms with Crippen LogP contribution in [0.5, 0.6) is 0 Å². The molecule has 0 unspecified atom stereocenters. The third-order valence-electron chi connectivity index (χ3n) is 11.5. The Morgan fingerprint density at radius 3 is 1.47 bits per heavy atom. The van der Waals surface area contributed by atoms with Crippen LogP contribution < -0.4 is 0 Å². The van der Waals surface area contributed by atoms with Crippen molar-refractivity contribution >= 4 is 54.6 Å². The van der Waals surface area contributed by atoms with Crippen LogP contribution in [0.25, 0.3) is 117 Å². The third kappa shape index (κ3) is 5.50. The molecule has 0 atom stereocenters. The highest BCUT2D eigenvalue weighted by Gasteiger charge is 2.21. The molecule has 0 saturated carbocycles. The third-order valence-corrected chi connectivity index (χ3v) is 11.5. The van der Waals surface area contributed by atoms with Crippen LogP contribution in [-0.2, 0) is 0 Å². The van der Waals surface area contributed by atoms with E-state index in [0.29, 0.717) is 17.5 Å². The Hall–Kier alpha value is -8.22. The molecule has 0 radical (unpaired) electrons. The molecule has 12 rings (SSSR count). The predicted molar refractivity (Wildman–Crippen MR) is 244 cm³/mol. The Kier molecular flexibility index (Phi) is 7.74. The van der Waals surface area contributed by atoms with Gasteiger partial charge in [0.1, 0.15) is 11.3 Å². The second-order valence-electron chi connectivity index (χ2n) is 15.0. The van der Waals surface area contributed by atoms with Crippen LogP contribution in [0.1, 0.15) is 0 Å². The molecule has 8 aromatic carbocycles. The molecule has 0 fully saturated rings. The van der Waals surface area contributed by atoms with Crippen LogP contribution in [0.4, 0.5) is 0 Å². The summed E-state index contributed by atoms with van der Waals surface area (Å²) in [6, 6.07) is 69.1. The Labute approximate surface area is 344 Å². The van der Waals surface area contributed by atoms with Gasteiger partial charge >= 0.3 is 0 Å². The molecule has 0 aliphatic rings. The fourth-order valence-corrected chi connectivity index (χ4v) is 8.64. The number of hydrogen-bond donors (Lipinski definition) is 0. The van der Waals surface area contributed by atoms with Crippen molar-refractivity contribution in [1.82, 2.24) is 24.5 Å². The predicted octanol–water partition coefficient (Wildman–Crippen LogP) is 13.8. The van der Waals surface area contributed by atoms with Gasteiger partial charge in [-0.2, -0.15) is 0 Å². The lowest BCUT2D eigenvalue weighted by Gasteiger charge is -2.12. The van der Waals surface area contributed by atoms with Crippen LogP contribution in [0.15, 0.2) is 205 Å². The molecule has 0 N–H and O–H groups in total. The molecule has 0 aliphatic carbocycles. The minimum atomic E-state index is 0.587. The van der Waals surface area contributed by atoms with Gasteiger partial charge in [-0.3, -0.25) is 0 Å². The maximum Gasteiger partial charge on any atom is 0.164 e. The van der Waals surface area contributed by atoms with Crippen molar-refractivity contribution < 1.29 is 4.42 Å². The second kappa shape index (κ2) is 13.7. The fraction of sp³-hybridized carbons (Fsp3) is 0. The smallest absolute Gasteiger partial charge is 0.164 e. The zero-order chi connectivity index (χ0) is 39.6. The van der Waals surface area contributed by atoms with E-state index in [1.54, 1.807) is 0 Å². The monoisotopic (exact) mass is 767 g/mol. The minimum Gasteiger partial charge on any atom is -0.454 e. The van der Waals surface area contributed by atoms with Crippen molar-refractivity contribution in [3.05, 3.63) is 200 Å². The van der Waals surface area contributed by atoms with E-state index in [1.807, 2.05) is 48.5 Å². The van der Waals surface area contributed by atoms with Gasteiger partial charge in [-0.1, -0.05) is 158 Å². The van der Waals surface area contributed by atoms with E-state index in [2.05, 4.69) is 156 Å². The number of pyridine rings is 1. The van der Waals surface area contributed by atoms with Crippen molar-refractivity contribution in [3.8, 4) is 62.2 Å². The quantitative estimate of drug-likeness (QED) is 0.168. The van der Waals surface area contributed by atoms with Gasteiger partial charge in [0.15, 0.2) is 23.1 Å². The van der Waals surface area contributed by atoms with E-state index in [0.717, 1.165) is 77.6 Å². The molecule has 4 aromatic heterocycles. The van der Waals surface area contributed by atoms with Crippen LogP contribution >= 0.6 is 0 Å². The Balaban J connectivity index is 0.978. The average Bonchev–Trinajstić information content (AvgIpc) is 3.89. The summed E-state index contributed by atoms with van der Waals surface area (Å²) in [5.74, 6) is 1.80. The van der Waals surface area contributed by atoms with Crippen LogP contribution in [0.2, 0.25) is 0 Å². The minimum absolute atomic E-state index is 0.587. The first-order valence-electron chi connectivity index (χ1n) is 20.1. The summed E-state index contributed by atoms with van der Waals surface area (Å²) in [6.07, 6.45) is 0. The molecular weight excluding hydrogens is 735 g/mol. The highest BCUT2D eigenvalue weighted by atomic mass is 16.3. The van der Waals surface area contributed by atoms with Gasteiger partial charge in [0.25, 0.3) is 0 Å². The van der Waals surface area contributed by atoms with Gasteiger partial charge in [-0.15, -0.1) is 0 Å². The van der Waals surface area contributed by atoms with Crippen molar-refractivity contribution in [2.24, 2.45) is 0 Å². The van der Waals surface area contributed by atoms with Crippen molar-refractivity contribution in [2.45, 2.75) is 0 Å². The van der Waals surface area contributed by atoms with E-state index in [9.17, 15) is 0 Å². The lowest BCUT2D eigenvalue weighted by molar-refractivity contribution is 0.669. The van der Waals surface area contributed by atoms with Crippen molar-refractivity contribution in [2.75, 3.05) is 0 Å². The second-order valence-corrected chi connectivity index (χ2v) is 15.0. The van der Waals surface area contributed by atoms with Gasteiger partial charge in [0.2, 0.25) is 0 Å². The average molecular weight is 768 g/mol. The lowest BCUT2D eigenvalue weighted by atomic mass is 9.97. The van der Waals surface area contributed by atoms with Gasteiger partial charge in [-0.05, 0) is 48.0 Å². The molecule has 0 aliphatic heterocycles. The van der Waals surface area contributed by atoms with E-state index < -0.39 is 0 Å². The first-order valence-corrected chi connectivity index (χ1v) is 20.1. The fourth-order valence-electron chi connectivity index (χ4n) is 8.64. The number of benzene rings is 8. The topological polar surface area (TPSA) is 69.6 Å².